The second-order valence-electron chi connectivity index (χ2n) is 6.11. The van der Waals surface area contributed by atoms with Crippen molar-refractivity contribution < 1.29 is 13.9 Å². The summed E-state index contributed by atoms with van der Waals surface area (Å²) in [4.78, 5) is 14.4. The molecule has 1 aromatic carbocycles. The minimum absolute atomic E-state index is 0.225. The number of hydrogen-bond donors (Lipinski definition) is 1. The van der Waals surface area contributed by atoms with E-state index in [0.29, 0.717) is 12.5 Å². The van der Waals surface area contributed by atoms with Crippen molar-refractivity contribution in [2.75, 3.05) is 26.7 Å². The number of halogens is 1. The lowest BCUT2D eigenvalue weighted by Gasteiger charge is -2.36. The Kier molecular flexibility index (Phi) is 5.53. The van der Waals surface area contributed by atoms with Crippen LogP contribution in [0.25, 0.3) is 0 Å². The molecule has 2 atom stereocenters. The smallest absolute Gasteiger partial charge is 0.323 e. The molecule has 0 spiro atoms. The van der Waals surface area contributed by atoms with Gasteiger partial charge in [0.15, 0.2) is 0 Å². The maximum absolute atomic E-state index is 13.5. The highest BCUT2D eigenvalue weighted by Gasteiger charge is 2.30. The van der Waals surface area contributed by atoms with E-state index < -0.39 is 0 Å². The second kappa shape index (κ2) is 7.20. The molecule has 1 saturated heterocycles. The Labute approximate surface area is 131 Å². The fourth-order valence-corrected chi connectivity index (χ4v) is 3.20. The van der Waals surface area contributed by atoms with Gasteiger partial charge in [0.1, 0.15) is 11.9 Å². The maximum atomic E-state index is 13.5. The van der Waals surface area contributed by atoms with Gasteiger partial charge in [0.2, 0.25) is 0 Å². The van der Waals surface area contributed by atoms with Crippen LogP contribution in [0.15, 0.2) is 12.1 Å². The van der Waals surface area contributed by atoms with Crippen LogP contribution in [-0.4, -0.2) is 49.7 Å². The summed E-state index contributed by atoms with van der Waals surface area (Å²) >= 11 is 0. The SMILES string of the molecule is COC(=O)C(Cc1c(C)cc(F)cc1C)N1CCNC(C)C1. The van der Waals surface area contributed by atoms with Gasteiger partial charge in [-0.05, 0) is 56.0 Å². The number of piperazine rings is 1. The number of aryl methyl sites for hydroxylation is 2. The first-order valence-electron chi connectivity index (χ1n) is 7.73. The van der Waals surface area contributed by atoms with Crippen LogP contribution in [0, 0.1) is 19.7 Å². The van der Waals surface area contributed by atoms with Gasteiger partial charge in [-0.2, -0.15) is 0 Å². The number of methoxy groups -OCH3 is 1. The van der Waals surface area contributed by atoms with Crippen molar-refractivity contribution in [3.8, 4) is 0 Å². The predicted molar refractivity (Wildman–Crippen MR) is 84.4 cm³/mol. The Bertz CT molecular complexity index is 524. The second-order valence-corrected chi connectivity index (χ2v) is 6.11. The standard InChI is InChI=1S/C17H25FN2O2/c1-11-7-14(18)8-12(2)15(11)9-16(17(21)22-4)20-6-5-19-13(3)10-20/h7-8,13,16,19H,5-6,9-10H2,1-4H3. The topological polar surface area (TPSA) is 41.6 Å². The molecule has 0 radical (unpaired) electrons. The molecule has 1 aromatic rings. The summed E-state index contributed by atoms with van der Waals surface area (Å²) in [6.45, 7) is 8.35. The predicted octanol–water partition coefficient (Wildman–Crippen LogP) is 1.82. The average molecular weight is 308 g/mol. The molecule has 1 N–H and O–H groups in total. The molecule has 0 aromatic heterocycles. The summed E-state index contributed by atoms with van der Waals surface area (Å²) in [5, 5.41) is 3.37. The number of rotatable bonds is 4. The number of ether oxygens (including phenoxy) is 1. The molecule has 1 fully saturated rings. The zero-order chi connectivity index (χ0) is 16.3. The fraction of sp³-hybridized carbons (Fsp3) is 0.588. The highest BCUT2D eigenvalue weighted by atomic mass is 19.1. The minimum Gasteiger partial charge on any atom is -0.468 e. The van der Waals surface area contributed by atoms with E-state index in [1.54, 1.807) is 0 Å². The van der Waals surface area contributed by atoms with Crippen molar-refractivity contribution in [1.29, 1.82) is 0 Å². The summed E-state index contributed by atoms with van der Waals surface area (Å²) < 4.78 is 18.5. The molecular formula is C17H25FN2O2. The lowest BCUT2D eigenvalue weighted by atomic mass is 9.95. The summed E-state index contributed by atoms with van der Waals surface area (Å²) in [7, 11) is 1.42. The summed E-state index contributed by atoms with van der Waals surface area (Å²) in [5.41, 5.74) is 2.80. The van der Waals surface area contributed by atoms with Crippen molar-refractivity contribution in [1.82, 2.24) is 10.2 Å². The number of nitrogens with one attached hydrogen (secondary N) is 1. The minimum atomic E-state index is -0.322. The van der Waals surface area contributed by atoms with Gasteiger partial charge in [0.25, 0.3) is 0 Å². The number of nitrogens with zero attached hydrogens (tertiary/aromatic N) is 1. The van der Waals surface area contributed by atoms with Gasteiger partial charge in [-0.25, -0.2) is 4.39 Å². The Balaban J connectivity index is 2.25. The zero-order valence-electron chi connectivity index (χ0n) is 13.8. The van der Waals surface area contributed by atoms with E-state index in [2.05, 4.69) is 17.1 Å². The van der Waals surface area contributed by atoms with Gasteiger partial charge in [0, 0.05) is 25.7 Å². The van der Waals surface area contributed by atoms with Crippen LogP contribution < -0.4 is 5.32 Å². The maximum Gasteiger partial charge on any atom is 0.323 e. The Morgan fingerprint density at radius 3 is 2.64 bits per heavy atom. The summed E-state index contributed by atoms with van der Waals surface area (Å²) in [5.74, 6) is -0.457. The van der Waals surface area contributed by atoms with Crippen LogP contribution in [0.3, 0.4) is 0 Å². The first-order chi connectivity index (χ1) is 10.4. The van der Waals surface area contributed by atoms with Gasteiger partial charge in [-0.15, -0.1) is 0 Å². The lowest BCUT2D eigenvalue weighted by molar-refractivity contribution is -0.147. The van der Waals surface area contributed by atoms with E-state index in [1.165, 1.54) is 19.2 Å². The van der Waals surface area contributed by atoms with Crippen molar-refractivity contribution in [3.05, 3.63) is 34.6 Å². The molecule has 1 aliphatic rings. The van der Waals surface area contributed by atoms with Crippen molar-refractivity contribution in [2.45, 2.75) is 39.3 Å². The molecule has 2 rings (SSSR count). The number of carbonyl (C=O) groups is 1. The first kappa shape index (κ1) is 16.9. The van der Waals surface area contributed by atoms with E-state index >= 15 is 0 Å². The highest BCUT2D eigenvalue weighted by Crippen LogP contribution is 2.21. The molecule has 22 heavy (non-hydrogen) atoms. The molecule has 122 valence electrons. The molecule has 0 bridgehead atoms. The number of carbonyl (C=O) groups excluding carboxylic acids is 1. The number of benzene rings is 1. The number of esters is 1. The average Bonchev–Trinajstić information content (AvgIpc) is 2.45. The van der Waals surface area contributed by atoms with Gasteiger partial charge in [0.05, 0.1) is 7.11 Å². The van der Waals surface area contributed by atoms with Crippen molar-refractivity contribution in [3.63, 3.8) is 0 Å². The molecule has 0 aliphatic carbocycles. The highest BCUT2D eigenvalue weighted by molar-refractivity contribution is 5.76. The van der Waals surface area contributed by atoms with E-state index in [-0.39, 0.29) is 17.8 Å². The molecule has 4 nitrogen and oxygen atoms in total. The van der Waals surface area contributed by atoms with Crippen LogP contribution in [0.4, 0.5) is 4.39 Å². The summed E-state index contributed by atoms with van der Waals surface area (Å²) in [6, 6.07) is 3.07. The fourth-order valence-electron chi connectivity index (χ4n) is 3.20. The van der Waals surface area contributed by atoms with Gasteiger partial charge in [-0.1, -0.05) is 0 Å². The number of hydrogen-bond acceptors (Lipinski definition) is 4. The van der Waals surface area contributed by atoms with Crippen molar-refractivity contribution >= 4 is 5.97 Å². The Morgan fingerprint density at radius 2 is 2.09 bits per heavy atom. The molecule has 5 heteroatoms. The third kappa shape index (κ3) is 3.84. The van der Waals surface area contributed by atoms with Crippen LogP contribution in [0.1, 0.15) is 23.6 Å². The summed E-state index contributed by atoms with van der Waals surface area (Å²) in [6.07, 6.45) is 0.553. The molecule has 2 unspecified atom stereocenters. The molecule has 1 heterocycles. The van der Waals surface area contributed by atoms with Crippen molar-refractivity contribution in [2.24, 2.45) is 0 Å². The van der Waals surface area contributed by atoms with Crippen LogP contribution in [0.5, 0.6) is 0 Å². The van der Waals surface area contributed by atoms with Gasteiger partial charge >= 0.3 is 5.97 Å². The molecule has 0 saturated carbocycles. The van der Waals surface area contributed by atoms with E-state index in [1.807, 2.05) is 13.8 Å². The third-order valence-corrected chi connectivity index (χ3v) is 4.37. The Morgan fingerprint density at radius 1 is 1.45 bits per heavy atom. The van der Waals surface area contributed by atoms with Crippen LogP contribution >= 0.6 is 0 Å². The van der Waals surface area contributed by atoms with Crippen LogP contribution in [-0.2, 0) is 16.0 Å². The lowest BCUT2D eigenvalue weighted by Crippen LogP contribution is -2.55. The van der Waals surface area contributed by atoms with E-state index in [0.717, 1.165) is 36.3 Å². The van der Waals surface area contributed by atoms with E-state index in [9.17, 15) is 9.18 Å². The van der Waals surface area contributed by atoms with E-state index in [4.69, 9.17) is 4.74 Å². The third-order valence-electron chi connectivity index (χ3n) is 4.37. The molecule has 1 aliphatic heterocycles. The first-order valence-corrected chi connectivity index (χ1v) is 7.73. The largest absolute Gasteiger partial charge is 0.468 e. The monoisotopic (exact) mass is 308 g/mol. The normalized spacial score (nSPS) is 20.7. The molecular weight excluding hydrogens is 283 g/mol. The van der Waals surface area contributed by atoms with Gasteiger partial charge < -0.3 is 10.1 Å². The zero-order valence-corrected chi connectivity index (χ0v) is 13.8. The quantitative estimate of drug-likeness (QED) is 0.862. The van der Waals surface area contributed by atoms with Crippen LogP contribution in [0.2, 0.25) is 0 Å². The van der Waals surface area contributed by atoms with Gasteiger partial charge in [-0.3, -0.25) is 9.69 Å². The molecule has 0 amide bonds. The Hall–Kier alpha value is -1.46.